The van der Waals surface area contributed by atoms with Crippen molar-refractivity contribution in [2.75, 3.05) is 48.0 Å². The van der Waals surface area contributed by atoms with E-state index in [1.165, 1.54) is 19.1 Å². The van der Waals surface area contributed by atoms with Crippen LogP contribution >= 0.6 is 0 Å². The molecule has 1 unspecified atom stereocenters. The van der Waals surface area contributed by atoms with Crippen LogP contribution < -0.4 is 14.2 Å². The molecule has 176 valence electrons. The first kappa shape index (κ1) is 24.1. The minimum absolute atomic E-state index is 0.0274. The topological polar surface area (TPSA) is 88.5 Å². The van der Waals surface area contributed by atoms with Crippen molar-refractivity contribution in [1.82, 2.24) is 9.80 Å². The number of nitrogens with zero attached hydrogens (tertiary/aromatic N) is 2. The number of hydrogen-bond donors (Lipinski definition) is 1. The molecule has 1 aliphatic rings. The lowest BCUT2D eigenvalue weighted by Crippen LogP contribution is -2.35. The highest BCUT2D eigenvalue weighted by atomic mass is 16.5. The van der Waals surface area contributed by atoms with Crippen molar-refractivity contribution in [3.05, 3.63) is 59.2 Å². The molecule has 0 saturated carbocycles. The molecule has 0 spiro atoms. The summed E-state index contributed by atoms with van der Waals surface area (Å²) in [4.78, 5) is 29.6. The molecule has 1 aliphatic heterocycles. The van der Waals surface area contributed by atoms with Crippen molar-refractivity contribution in [2.24, 2.45) is 0 Å². The summed E-state index contributed by atoms with van der Waals surface area (Å²) in [5.74, 6) is -0.0810. The normalized spacial score (nSPS) is 17.5. The number of aliphatic hydroxyl groups is 1. The molecule has 0 aromatic heterocycles. The van der Waals surface area contributed by atoms with Gasteiger partial charge in [0.2, 0.25) is 0 Å². The van der Waals surface area contributed by atoms with Crippen molar-refractivity contribution in [3.8, 4) is 17.2 Å². The van der Waals surface area contributed by atoms with Crippen molar-refractivity contribution in [3.63, 3.8) is 0 Å². The fourth-order valence-electron chi connectivity index (χ4n) is 3.84. The van der Waals surface area contributed by atoms with E-state index < -0.39 is 17.7 Å². The third kappa shape index (κ3) is 4.96. The van der Waals surface area contributed by atoms with Gasteiger partial charge < -0.3 is 29.1 Å². The van der Waals surface area contributed by atoms with Crippen LogP contribution in [-0.2, 0) is 9.59 Å². The fraction of sp³-hybridized carbons (Fsp3) is 0.360. The van der Waals surface area contributed by atoms with Gasteiger partial charge in [0.25, 0.3) is 11.7 Å². The SMILES string of the molecule is CCOc1cccc(/C(O)=C2\C(=O)C(=O)N(CCN(C)C)C2c2ccc(OC)c(OC)c2)c1. The summed E-state index contributed by atoms with van der Waals surface area (Å²) >= 11 is 0. The molecule has 1 heterocycles. The Labute approximate surface area is 194 Å². The number of carbonyl (C=O) groups excluding carboxylic acids is 2. The maximum Gasteiger partial charge on any atom is 0.295 e. The molecular weight excluding hydrogens is 424 g/mol. The second kappa shape index (κ2) is 10.4. The molecule has 33 heavy (non-hydrogen) atoms. The Kier molecular flexibility index (Phi) is 7.60. The molecule has 0 bridgehead atoms. The zero-order valence-electron chi connectivity index (χ0n) is 19.6. The largest absolute Gasteiger partial charge is 0.507 e. The highest BCUT2D eigenvalue weighted by Crippen LogP contribution is 2.42. The number of ether oxygens (including phenoxy) is 3. The van der Waals surface area contributed by atoms with Crippen molar-refractivity contribution in [1.29, 1.82) is 0 Å². The summed E-state index contributed by atoms with van der Waals surface area (Å²) in [7, 11) is 6.83. The van der Waals surface area contributed by atoms with Crippen LogP contribution in [0.3, 0.4) is 0 Å². The number of aliphatic hydroxyl groups excluding tert-OH is 1. The van der Waals surface area contributed by atoms with E-state index in [0.29, 0.717) is 48.1 Å². The van der Waals surface area contributed by atoms with Crippen molar-refractivity contribution in [2.45, 2.75) is 13.0 Å². The number of ketones is 1. The van der Waals surface area contributed by atoms with Crippen LogP contribution in [0.5, 0.6) is 17.2 Å². The van der Waals surface area contributed by atoms with Gasteiger partial charge in [-0.2, -0.15) is 0 Å². The Balaban J connectivity index is 2.17. The van der Waals surface area contributed by atoms with E-state index in [9.17, 15) is 14.7 Å². The Morgan fingerprint density at radius 3 is 2.42 bits per heavy atom. The average molecular weight is 455 g/mol. The number of methoxy groups -OCH3 is 2. The summed E-state index contributed by atoms with van der Waals surface area (Å²) in [5.41, 5.74) is 1.06. The maximum atomic E-state index is 13.1. The third-order valence-corrected chi connectivity index (χ3v) is 5.47. The minimum atomic E-state index is -0.777. The first-order valence-corrected chi connectivity index (χ1v) is 10.7. The van der Waals surface area contributed by atoms with E-state index in [0.717, 1.165) is 0 Å². The molecule has 2 aromatic carbocycles. The van der Waals surface area contributed by atoms with Crippen LogP contribution in [0.1, 0.15) is 24.1 Å². The zero-order chi connectivity index (χ0) is 24.1. The van der Waals surface area contributed by atoms with Crippen molar-refractivity contribution < 1.29 is 28.9 Å². The molecular formula is C25H30N2O6. The molecule has 2 aromatic rings. The second-order valence-electron chi connectivity index (χ2n) is 7.87. The molecule has 8 nitrogen and oxygen atoms in total. The van der Waals surface area contributed by atoms with Crippen LogP contribution in [0.4, 0.5) is 0 Å². The molecule has 8 heteroatoms. The number of likely N-dealkylation sites (tertiary alicyclic amines) is 1. The number of amides is 1. The van der Waals surface area contributed by atoms with Gasteiger partial charge in [-0.25, -0.2) is 0 Å². The highest BCUT2D eigenvalue weighted by molar-refractivity contribution is 6.46. The first-order chi connectivity index (χ1) is 15.8. The molecule has 1 saturated heterocycles. The summed E-state index contributed by atoms with van der Waals surface area (Å²) in [5, 5.41) is 11.2. The lowest BCUT2D eigenvalue weighted by molar-refractivity contribution is -0.140. The third-order valence-electron chi connectivity index (χ3n) is 5.47. The monoisotopic (exact) mass is 454 g/mol. The molecule has 1 atom stereocenters. The van der Waals surface area contributed by atoms with Crippen LogP contribution in [-0.4, -0.2) is 74.6 Å². The van der Waals surface area contributed by atoms with Gasteiger partial charge in [0.05, 0.1) is 32.4 Å². The second-order valence-corrected chi connectivity index (χ2v) is 7.87. The lowest BCUT2D eigenvalue weighted by atomic mass is 9.95. The Hall–Kier alpha value is -3.52. The number of benzene rings is 2. The number of Topliss-reactive ketones (excluding diaryl/α,β-unsaturated/α-hetero) is 1. The van der Waals surface area contributed by atoms with E-state index in [4.69, 9.17) is 14.2 Å². The average Bonchev–Trinajstić information content (AvgIpc) is 3.07. The van der Waals surface area contributed by atoms with E-state index in [2.05, 4.69) is 0 Å². The van der Waals surface area contributed by atoms with Crippen LogP contribution in [0, 0.1) is 0 Å². The van der Waals surface area contributed by atoms with Crippen molar-refractivity contribution >= 4 is 17.4 Å². The minimum Gasteiger partial charge on any atom is -0.507 e. The quantitative estimate of drug-likeness (QED) is 0.354. The molecule has 1 fully saturated rings. The molecule has 0 aliphatic carbocycles. The van der Waals surface area contributed by atoms with Gasteiger partial charge >= 0.3 is 0 Å². The number of hydrogen-bond acceptors (Lipinski definition) is 7. The maximum absolute atomic E-state index is 13.1. The summed E-state index contributed by atoms with van der Waals surface area (Å²) < 4.78 is 16.3. The molecule has 0 radical (unpaired) electrons. The van der Waals surface area contributed by atoms with E-state index >= 15 is 0 Å². The highest BCUT2D eigenvalue weighted by Gasteiger charge is 2.46. The van der Waals surface area contributed by atoms with E-state index in [1.54, 1.807) is 42.5 Å². The Bertz CT molecular complexity index is 1060. The molecule has 3 rings (SSSR count). The van der Waals surface area contributed by atoms with Gasteiger partial charge in [0.1, 0.15) is 11.5 Å². The van der Waals surface area contributed by atoms with Gasteiger partial charge in [-0.1, -0.05) is 18.2 Å². The van der Waals surface area contributed by atoms with Crippen LogP contribution in [0.15, 0.2) is 48.0 Å². The lowest BCUT2D eigenvalue weighted by Gasteiger charge is -2.27. The van der Waals surface area contributed by atoms with E-state index in [-0.39, 0.29) is 11.3 Å². The smallest absolute Gasteiger partial charge is 0.295 e. The predicted octanol–water partition coefficient (Wildman–Crippen LogP) is 3.09. The first-order valence-electron chi connectivity index (χ1n) is 10.7. The zero-order valence-corrected chi connectivity index (χ0v) is 19.6. The number of likely N-dealkylation sites (N-methyl/N-ethyl adjacent to an activating group) is 1. The van der Waals surface area contributed by atoms with E-state index in [1.807, 2.05) is 25.9 Å². The Morgan fingerprint density at radius 1 is 1.06 bits per heavy atom. The number of carbonyl (C=O) groups is 2. The number of rotatable bonds is 9. The summed E-state index contributed by atoms with van der Waals surface area (Å²) in [6, 6.07) is 11.3. The van der Waals surface area contributed by atoms with Gasteiger partial charge in [-0.15, -0.1) is 0 Å². The van der Waals surface area contributed by atoms with Gasteiger partial charge in [0.15, 0.2) is 11.5 Å². The molecule has 1 amide bonds. The van der Waals surface area contributed by atoms with Gasteiger partial charge in [-0.3, -0.25) is 9.59 Å². The van der Waals surface area contributed by atoms with Gasteiger partial charge in [-0.05, 0) is 50.8 Å². The van der Waals surface area contributed by atoms with Crippen LogP contribution in [0.2, 0.25) is 0 Å². The molecule has 1 N–H and O–H groups in total. The fourth-order valence-corrected chi connectivity index (χ4v) is 3.84. The van der Waals surface area contributed by atoms with Crippen LogP contribution in [0.25, 0.3) is 5.76 Å². The predicted molar refractivity (Wildman–Crippen MR) is 125 cm³/mol. The summed E-state index contributed by atoms with van der Waals surface area (Å²) in [6.45, 7) is 3.19. The summed E-state index contributed by atoms with van der Waals surface area (Å²) in [6.07, 6.45) is 0. The van der Waals surface area contributed by atoms with Gasteiger partial charge in [0, 0.05) is 18.7 Å². The Morgan fingerprint density at radius 2 is 1.79 bits per heavy atom. The standard InChI is InChI=1S/C25H30N2O6/c1-6-33-18-9-7-8-17(14-18)23(28)21-22(16-10-11-19(31-4)20(15-16)32-5)27(13-12-26(2)3)25(30)24(21)29/h7-11,14-15,22,28H,6,12-13H2,1-5H3/b23-21+.